The predicted molar refractivity (Wildman–Crippen MR) is 32.2 cm³/mol. The van der Waals surface area contributed by atoms with Crippen LogP contribution in [-0.4, -0.2) is 24.9 Å². The molecule has 0 aromatic carbocycles. The van der Waals surface area contributed by atoms with Gasteiger partial charge in [0, 0.05) is 0 Å². The predicted octanol–water partition coefficient (Wildman–Crippen LogP) is 2.21. The number of ether oxygens (including phenoxy) is 1. The molecule has 0 spiro atoms. The lowest BCUT2D eigenvalue weighted by Gasteiger charge is -2.11. The topological polar surface area (TPSA) is 26.3 Å². The van der Waals surface area contributed by atoms with E-state index in [0.717, 1.165) is 0 Å². The minimum Gasteiger partial charge on any atom is -0.421 e. The van der Waals surface area contributed by atoms with Gasteiger partial charge in [-0.05, 0) is 0 Å². The van der Waals surface area contributed by atoms with E-state index in [1.54, 1.807) is 0 Å². The van der Waals surface area contributed by atoms with Crippen molar-refractivity contribution in [2.45, 2.75) is 19.0 Å². The Hall–Kier alpha value is -1.21. The van der Waals surface area contributed by atoms with Crippen molar-refractivity contribution in [1.82, 2.24) is 0 Å². The highest BCUT2D eigenvalue weighted by atomic mass is 19.4. The Morgan fingerprint density at radius 2 is 1.64 bits per heavy atom. The van der Waals surface area contributed by atoms with Crippen molar-refractivity contribution in [3.63, 3.8) is 0 Å². The summed E-state index contributed by atoms with van der Waals surface area (Å²) in [7, 11) is 0. The van der Waals surface area contributed by atoms with E-state index in [0.29, 0.717) is 0 Å². The fourth-order valence-corrected chi connectivity index (χ4v) is 0.341. The first-order chi connectivity index (χ1) is 6.16. The van der Waals surface area contributed by atoms with Crippen LogP contribution in [0.15, 0.2) is 12.2 Å². The van der Waals surface area contributed by atoms with Gasteiger partial charge in [0.1, 0.15) is 5.57 Å². The fourth-order valence-electron chi connectivity index (χ4n) is 0.341. The van der Waals surface area contributed by atoms with Gasteiger partial charge >= 0.3 is 24.9 Å². The molecule has 8 heteroatoms. The number of hydrogen-bond acceptors (Lipinski definition) is 2. The molecule has 0 amide bonds. The number of carbonyl (C=O) groups is 1. The van der Waals surface area contributed by atoms with Crippen molar-refractivity contribution in [2.75, 3.05) is 0 Å². The van der Waals surface area contributed by atoms with Gasteiger partial charge < -0.3 is 4.74 Å². The highest BCUT2D eigenvalue weighted by Crippen LogP contribution is 2.25. The molecule has 2 nitrogen and oxygen atoms in total. The fraction of sp³-hybridized carbons (Fsp3) is 0.500. The van der Waals surface area contributed by atoms with Gasteiger partial charge in [-0.2, -0.15) is 17.6 Å². The monoisotopic (exact) mass is 222 g/mol. The lowest BCUT2D eigenvalue weighted by atomic mass is 10.3. The molecule has 0 aliphatic heterocycles. The second-order valence-corrected chi connectivity index (χ2v) is 2.07. The quantitative estimate of drug-likeness (QED) is 0.415. The van der Waals surface area contributed by atoms with Gasteiger partial charge in [-0.3, -0.25) is 0 Å². The van der Waals surface area contributed by atoms with Crippen LogP contribution in [0.3, 0.4) is 0 Å². The highest BCUT2D eigenvalue weighted by molar-refractivity contribution is 5.89. The zero-order valence-corrected chi connectivity index (χ0v) is 6.45. The molecule has 0 aromatic rings. The van der Waals surface area contributed by atoms with E-state index in [1.807, 2.05) is 0 Å². The molecule has 0 aromatic heterocycles. The van der Waals surface area contributed by atoms with Crippen LogP contribution >= 0.6 is 0 Å². The first-order valence-corrected chi connectivity index (χ1v) is 3.05. The van der Waals surface area contributed by atoms with Crippen LogP contribution in [0.4, 0.5) is 26.3 Å². The van der Waals surface area contributed by atoms with Crippen molar-refractivity contribution < 1.29 is 35.9 Å². The van der Waals surface area contributed by atoms with Gasteiger partial charge in [0.2, 0.25) is 0 Å². The van der Waals surface area contributed by atoms with E-state index >= 15 is 0 Å². The first-order valence-electron chi connectivity index (χ1n) is 3.05. The molecule has 0 rings (SSSR count). The summed E-state index contributed by atoms with van der Waals surface area (Å²) in [5, 5.41) is 0. The second kappa shape index (κ2) is 4.34. The normalized spacial score (nSPS) is 13.9. The average Bonchev–Trinajstić information content (AvgIpc) is 2.00. The number of rotatable bonds is 3. The Balaban J connectivity index is 4.31. The lowest BCUT2D eigenvalue weighted by Crippen LogP contribution is -2.27. The summed E-state index contributed by atoms with van der Waals surface area (Å²) >= 11 is 0. The zero-order valence-electron chi connectivity index (χ0n) is 6.45. The molecular weight excluding hydrogens is 218 g/mol. The Labute approximate surface area is 74.1 Å². The van der Waals surface area contributed by atoms with Gasteiger partial charge in [0.15, 0.2) is 0 Å². The van der Waals surface area contributed by atoms with Crippen LogP contribution in [-0.2, 0) is 9.53 Å². The Bertz CT molecular complexity index is 233. The van der Waals surface area contributed by atoms with Gasteiger partial charge in [0.25, 0.3) is 0 Å². The van der Waals surface area contributed by atoms with E-state index in [4.69, 9.17) is 0 Å². The molecule has 0 radical (unpaired) electrons. The SMILES string of the molecule is C=C(C(=O)OC(F)C(F)F)C(F)(F)F. The highest BCUT2D eigenvalue weighted by Gasteiger charge is 2.39. The smallest absolute Gasteiger partial charge is 0.421 e. The van der Waals surface area contributed by atoms with Crippen LogP contribution in [0.2, 0.25) is 0 Å². The maximum absolute atomic E-state index is 11.9. The molecule has 1 unspecified atom stereocenters. The minimum absolute atomic E-state index is 2.04. The Morgan fingerprint density at radius 1 is 1.21 bits per heavy atom. The molecule has 0 bridgehead atoms. The van der Waals surface area contributed by atoms with Crippen LogP contribution in [0, 0.1) is 0 Å². The molecule has 1 atom stereocenters. The van der Waals surface area contributed by atoms with Gasteiger partial charge in [0.05, 0.1) is 0 Å². The van der Waals surface area contributed by atoms with Crippen LogP contribution in [0.1, 0.15) is 0 Å². The summed E-state index contributed by atoms with van der Waals surface area (Å²) in [4.78, 5) is 10.3. The third kappa shape index (κ3) is 3.67. The summed E-state index contributed by atoms with van der Waals surface area (Å²) < 4.78 is 72.7. The summed E-state index contributed by atoms with van der Waals surface area (Å²) in [6, 6.07) is 0. The summed E-state index contributed by atoms with van der Waals surface area (Å²) in [5.74, 6) is -2.26. The van der Waals surface area contributed by atoms with Gasteiger partial charge in [-0.1, -0.05) is 6.58 Å². The molecule has 0 saturated carbocycles. The molecule has 0 fully saturated rings. The number of esters is 1. The van der Waals surface area contributed by atoms with Gasteiger partial charge in [-0.15, -0.1) is 0 Å². The van der Waals surface area contributed by atoms with Crippen LogP contribution in [0.25, 0.3) is 0 Å². The maximum Gasteiger partial charge on any atom is 0.422 e. The maximum atomic E-state index is 11.9. The Morgan fingerprint density at radius 3 is 1.93 bits per heavy atom. The molecule has 14 heavy (non-hydrogen) atoms. The summed E-state index contributed by atoms with van der Waals surface area (Å²) in [6.07, 6.45) is -12.2. The molecule has 82 valence electrons. The third-order valence-corrected chi connectivity index (χ3v) is 1.01. The minimum atomic E-state index is -5.13. The first kappa shape index (κ1) is 12.8. The number of alkyl halides is 6. The number of hydrogen-bond donors (Lipinski definition) is 0. The van der Waals surface area contributed by atoms with Crippen molar-refractivity contribution in [3.8, 4) is 0 Å². The molecule has 0 N–H and O–H groups in total. The van der Waals surface area contributed by atoms with Crippen molar-refractivity contribution in [1.29, 1.82) is 0 Å². The van der Waals surface area contributed by atoms with E-state index in [9.17, 15) is 31.1 Å². The molecule has 0 aliphatic rings. The number of halogens is 6. The lowest BCUT2D eigenvalue weighted by molar-refractivity contribution is -0.177. The Kier molecular flexibility index (Phi) is 3.96. The largest absolute Gasteiger partial charge is 0.422 e. The second-order valence-electron chi connectivity index (χ2n) is 2.07. The zero-order chi connectivity index (χ0) is 11.5. The van der Waals surface area contributed by atoms with Crippen molar-refractivity contribution in [3.05, 3.63) is 12.2 Å². The van der Waals surface area contributed by atoms with E-state index in [-0.39, 0.29) is 0 Å². The molecule has 0 aliphatic carbocycles. The van der Waals surface area contributed by atoms with Crippen LogP contribution in [0.5, 0.6) is 0 Å². The van der Waals surface area contributed by atoms with Crippen molar-refractivity contribution in [2.24, 2.45) is 0 Å². The average molecular weight is 222 g/mol. The summed E-state index contributed by atoms with van der Waals surface area (Å²) in [5.41, 5.74) is -2.04. The van der Waals surface area contributed by atoms with E-state index < -0.39 is 30.5 Å². The van der Waals surface area contributed by atoms with Crippen LogP contribution < -0.4 is 0 Å². The standard InChI is InChI=1S/C6H4F6O2/c1-2(6(10,11)12)5(13)14-4(9)3(7)8/h3-4H,1H2. The third-order valence-electron chi connectivity index (χ3n) is 1.01. The van der Waals surface area contributed by atoms with Crippen molar-refractivity contribution >= 4 is 5.97 Å². The van der Waals surface area contributed by atoms with E-state index in [1.165, 1.54) is 0 Å². The molecule has 0 heterocycles. The summed E-state index contributed by atoms with van der Waals surface area (Å²) in [6.45, 7) is 2.23. The molecular formula is C6H4F6O2. The number of carbonyl (C=O) groups excluding carboxylic acids is 1. The van der Waals surface area contributed by atoms with E-state index in [2.05, 4.69) is 11.3 Å². The van der Waals surface area contributed by atoms with Gasteiger partial charge in [-0.25, -0.2) is 13.6 Å². The molecule has 0 saturated heterocycles.